The molecule has 5 nitrogen and oxygen atoms in total. The van der Waals surface area contributed by atoms with Gasteiger partial charge in [0.25, 0.3) is 0 Å². The van der Waals surface area contributed by atoms with Crippen LogP contribution in [0.1, 0.15) is 35.7 Å². The molecule has 1 N–H and O–H groups in total. The number of halogens is 5. The zero-order valence-electron chi connectivity index (χ0n) is 20.6. The number of benzene rings is 2. The average molecular weight is 555 g/mol. The number of aromatic nitrogens is 1. The molecule has 2 aromatic carbocycles. The Kier molecular flexibility index (Phi) is 7.45. The smallest absolute Gasteiger partial charge is 0.481 e. The van der Waals surface area contributed by atoms with Gasteiger partial charge >= 0.3 is 12.3 Å². The van der Waals surface area contributed by atoms with E-state index >= 15 is 0 Å². The van der Waals surface area contributed by atoms with Crippen molar-refractivity contribution in [1.29, 1.82) is 0 Å². The molecule has 0 spiro atoms. The molecule has 1 saturated heterocycles. The lowest BCUT2D eigenvalue weighted by Crippen LogP contribution is -2.41. The minimum Gasteiger partial charge on any atom is -0.481 e. The molecule has 0 radical (unpaired) electrons. The summed E-state index contributed by atoms with van der Waals surface area (Å²) in [7, 11) is 1.77. The fourth-order valence-electron chi connectivity index (χ4n) is 5.08. The normalized spacial score (nSPS) is 18.3. The van der Waals surface area contributed by atoms with E-state index in [-0.39, 0.29) is 11.7 Å². The molecule has 2 atom stereocenters. The number of aliphatic carboxylic acids is 1. The number of alkyl halides is 3. The van der Waals surface area contributed by atoms with E-state index in [0.717, 1.165) is 11.1 Å². The fraction of sp³-hybridized carbons (Fsp3) is 0.370. The van der Waals surface area contributed by atoms with E-state index in [4.69, 9.17) is 23.2 Å². The molecule has 1 aromatic heterocycles. The van der Waals surface area contributed by atoms with Crippen molar-refractivity contribution in [3.05, 3.63) is 69.3 Å². The molecule has 37 heavy (non-hydrogen) atoms. The van der Waals surface area contributed by atoms with Crippen LogP contribution in [0.2, 0.25) is 10.0 Å². The minimum absolute atomic E-state index is 0.0428. The second-order valence-corrected chi connectivity index (χ2v) is 10.4. The summed E-state index contributed by atoms with van der Waals surface area (Å²) in [6.07, 6.45) is -3.92. The molecule has 4 rings (SSSR count). The van der Waals surface area contributed by atoms with Gasteiger partial charge < -0.3 is 19.3 Å². The number of likely N-dealkylation sites (tertiary alicyclic amines) is 1. The summed E-state index contributed by atoms with van der Waals surface area (Å²) in [5.41, 5.74) is 4.13. The van der Waals surface area contributed by atoms with Crippen molar-refractivity contribution in [2.75, 3.05) is 13.1 Å². The van der Waals surface area contributed by atoms with Gasteiger partial charge in [0, 0.05) is 60.0 Å². The first-order chi connectivity index (χ1) is 17.3. The van der Waals surface area contributed by atoms with Gasteiger partial charge in [-0.2, -0.15) is 0 Å². The average Bonchev–Trinajstić information content (AvgIpc) is 3.10. The molecule has 0 aliphatic carbocycles. The third-order valence-electron chi connectivity index (χ3n) is 7.13. The molecule has 1 aliphatic heterocycles. The highest BCUT2D eigenvalue weighted by Gasteiger charge is 2.33. The summed E-state index contributed by atoms with van der Waals surface area (Å²) < 4.78 is 44.3. The van der Waals surface area contributed by atoms with E-state index in [1.54, 1.807) is 30.7 Å². The Labute approximate surface area is 223 Å². The molecule has 1 unspecified atom stereocenters. The Balaban J connectivity index is 1.64. The van der Waals surface area contributed by atoms with Crippen LogP contribution in [0.3, 0.4) is 0 Å². The number of carboxylic acids is 1. The van der Waals surface area contributed by atoms with Gasteiger partial charge in [0.15, 0.2) is 0 Å². The number of carboxylic acid groups (broad SMARTS) is 1. The van der Waals surface area contributed by atoms with Gasteiger partial charge in [-0.05, 0) is 54.7 Å². The lowest BCUT2D eigenvalue weighted by molar-refractivity contribution is -0.274. The second kappa shape index (κ2) is 10.1. The van der Waals surface area contributed by atoms with E-state index in [9.17, 15) is 23.1 Å². The van der Waals surface area contributed by atoms with Crippen LogP contribution in [0, 0.1) is 18.8 Å². The van der Waals surface area contributed by atoms with Gasteiger partial charge in [-0.3, -0.25) is 4.79 Å². The molecule has 1 aliphatic rings. The summed E-state index contributed by atoms with van der Waals surface area (Å²) in [4.78, 5) is 13.5. The minimum atomic E-state index is -4.78. The first-order valence-electron chi connectivity index (χ1n) is 11.8. The molecule has 3 aromatic rings. The third-order valence-corrected chi connectivity index (χ3v) is 7.92. The number of rotatable bonds is 6. The zero-order valence-corrected chi connectivity index (χ0v) is 22.1. The standard InChI is InChI=1S/C27H27Cl2F3N2O3/c1-14-9-18(37-27(30,31)32)12-24-21(14)10-17(33(24)4)11-22-23(28)6-5-20(25(22)29)16(3)34-8-7-19(26(35)36)15(2)13-34/h5-6,9-10,12,15,19H,3,7-8,11,13H2,1-2,4H3,(H,35,36)/t15-,19?/m1/s1. The molecule has 0 amide bonds. The first-order valence-corrected chi connectivity index (χ1v) is 12.5. The van der Waals surface area contributed by atoms with Gasteiger partial charge in [0.1, 0.15) is 5.75 Å². The summed E-state index contributed by atoms with van der Waals surface area (Å²) in [6, 6.07) is 8.19. The van der Waals surface area contributed by atoms with Crippen LogP contribution in [-0.4, -0.2) is 40.0 Å². The highest BCUT2D eigenvalue weighted by Crippen LogP contribution is 2.38. The topological polar surface area (TPSA) is 54.7 Å². The third kappa shape index (κ3) is 5.55. The molecule has 1 fully saturated rings. The molecule has 0 saturated carbocycles. The fourth-order valence-corrected chi connectivity index (χ4v) is 5.70. The Morgan fingerprint density at radius 2 is 1.95 bits per heavy atom. The molecular formula is C27H27Cl2F3N2O3. The quantitative estimate of drug-likeness (QED) is 0.347. The largest absolute Gasteiger partial charge is 0.573 e. The van der Waals surface area contributed by atoms with Gasteiger partial charge in [-0.15, -0.1) is 13.2 Å². The van der Waals surface area contributed by atoms with E-state index in [1.807, 2.05) is 17.9 Å². The summed E-state index contributed by atoms with van der Waals surface area (Å²) in [5.74, 6) is -1.50. The Bertz CT molecular complexity index is 1380. The van der Waals surface area contributed by atoms with Crippen LogP contribution in [0.25, 0.3) is 16.6 Å². The highest BCUT2D eigenvalue weighted by atomic mass is 35.5. The van der Waals surface area contributed by atoms with Gasteiger partial charge in [-0.1, -0.05) is 36.7 Å². The highest BCUT2D eigenvalue weighted by molar-refractivity contribution is 6.37. The number of piperidine rings is 1. The van der Waals surface area contributed by atoms with Crippen LogP contribution < -0.4 is 4.74 Å². The number of ether oxygens (including phenoxy) is 1. The van der Waals surface area contributed by atoms with Crippen molar-refractivity contribution in [3.63, 3.8) is 0 Å². The molecular weight excluding hydrogens is 528 g/mol. The zero-order chi connectivity index (χ0) is 27.2. The number of nitrogens with zero attached hydrogens (tertiary/aromatic N) is 2. The number of hydrogen-bond acceptors (Lipinski definition) is 3. The van der Waals surface area contributed by atoms with E-state index in [2.05, 4.69) is 11.3 Å². The van der Waals surface area contributed by atoms with Crippen molar-refractivity contribution in [2.45, 2.75) is 33.1 Å². The summed E-state index contributed by atoms with van der Waals surface area (Å²) >= 11 is 13.4. The van der Waals surface area contributed by atoms with Gasteiger partial charge in [0.2, 0.25) is 0 Å². The summed E-state index contributed by atoms with van der Waals surface area (Å²) in [5, 5.41) is 11.1. The van der Waals surface area contributed by atoms with Gasteiger partial charge in [0.05, 0.1) is 16.5 Å². The van der Waals surface area contributed by atoms with E-state index in [0.29, 0.717) is 63.9 Å². The van der Waals surface area contributed by atoms with E-state index < -0.39 is 18.2 Å². The Morgan fingerprint density at radius 3 is 2.57 bits per heavy atom. The van der Waals surface area contributed by atoms with Crippen molar-refractivity contribution >= 4 is 45.8 Å². The first kappa shape index (κ1) is 27.2. The van der Waals surface area contributed by atoms with Crippen molar-refractivity contribution in [2.24, 2.45) is 18.9 Å². The monoisotopic (exact) mass is 554 g/mol. The van der Waals surface area contributed by atoms with Crippen molar-refractivity contribution in [3.8, 4) is 5.75 Å². The number of fused-ring (bicyclic) bond motifs is 1. The SMILES string of the molecule is C=C(c1ccc(Cl)c(Cc2cc3c(C)cc(OC(F)(F)F)cc3n2C)c1Cl)N1CCC(C(=O)O)[C@H](C)C1. The lowest BCUT2D eigenvalue weighted by Gasteiger charge is -2.37. The number of hydrogen-bond donors (Lipinski definition) is 1. The predicted octanol–water partition coefficient (Wildman–Crippen LogP) is 7.30. The number of carbonyl (C=O) groups is 1. The van der Waals surface area contributed by atoms with Crippen LogP contribution in [-0.2, 0) is 18.3 Å². The van der Waals surface area contributed by atoms with Crippen LogP contribution >= 0.6 is 23.2 Å². The Hall–Kier alpha value is -2.84. The second-order valence-electron chi connectivity index (χ2n) is 9.58. The molecule has 10 heteroatoms. The Morgan fingerprint density at radius 1 is 1.24 bits per heavy atom. The molecule has 2 heterocycles. The van der Waals surface area contributed by atoms with Crippen LogP contribution in [0.5, 0.6) is 5.75 Å². The summed E-state index contributed by atoms with van der Waals surface area (Å²) in [6.45, 7) is 8.99. The maximum absolute atomic E-state index is 12.8. The maximum atomic E-state index is 12.8. The molecule has 198 valence electrons. The van der Waals surface area contributed by atoms with Crippen molar-refractivity contribution in [1.82, 2.24) is 9.47 Å². The predicted molar refractivity (Wildman–Crippen MR) is 139 cm³/mol. The van der Waals surface area contributed by atoms with Crippen LogP contribution in [0.15, 0.2) is 36.9 Å². The van der Waals surface area contributed by atoms with E-state index in [1.165, 1.54) is 12.1 Å². The van der Waals surface area contributed by atoms with Crippen LogP contribution in [0.4, 0.5) is 13.2 Å². The van der Waals surface area contributed by atoms with Crippen molar-refractivity contribution < 1.29 is 27.8 Å². The van der Waals surface area contributed by atoms with Gasteiger partial charge in [-0.25, -0.2) is 0 Å². The number of aryl methyl sites for hydroxylation is 2. The lowest BCUT2D eigenvalue weighted by atomic mass is 9.86. The maximum Gasteiger partial charge on any atom is 0.573 e. The molecule has 0 bridgehead atoms.